The van der Waals surface area contributed by atoms with Crippen molar-refractivity contribution in [2.24, 2.45) is 0 Å². The van der Waals surface area contributed by atoms with Gasteiger partial charge in [-0.1, -0.05) is 12.1 Å². The second-order valence-corrected chi connectivity index (χ2v) is 7.67. The lowest BCUT2D eigenvalue weighted by Crippen LogP contribution is -2.33. The molecule has 0 bridgehead atoms. The molecule has 4 rings (SSSR count). The number of fused-ring (bicyclic) bond motifs is 1. The second kappa shape index (κ2) is 12.7. The molecule has 0 amide bonds. The molecule has 0 atom stereocenters. The van der Waals surface area contributed by atoms with Crippen LogP contribution in [0.2, 0.25) is 0 Å². The van der Waals surface area contributed by atoms with Crippen LogP contribution in [0.15, 0.2) is 48.9 Å². The van der Waals surface area contributed by atoms with Crippen LogP contribution in [-0.4, -0.2) is 65.3 Å². The summed E-state index contributed by atoms with van der Waals surface area (Å²) in [5.74, 6) is -4.42. The molecule has 1 aliphatic rings. The van der Waals surface area contributed by atoms with Crippen molar-refractivity contribution in [3.63, 3.8) is 0 Å². The van der Waals surface area contributed by atoms with E-state index in [2.05, 4.69) is 32.9 Å². The van der Waals surface area contributed by atoms with Gasteiger partial charge in [0.1, 0.15) is 5.82 Å². The maximum Gasteiger partial charge on any atom is 0.490 e. The minimum Gasteiger partial charge on any atom is -0.475 e. The van der Waals surface area contributed by atoms with Gasteiger partial charge in [0.05, 0.1) is 30.4 Å². The zero-order valence-corrected chi connectivity index (χ0v) is 19.3. The Morgan fingerprint density at radius 1 is 1.00 bits per heavy atom. The smallest absolute Gasteiger partial charge is 0.475 e. The Morgan fingerprint density at radius 3 is 2.16 bits per heavy atom. The number of alkyl halides is 6. The van der Waals surface area contributed by atoms with Gasteiger partial charge in [0.25, 0.3) is 0 Å². The molecule has 3 heterocycles. The lowest BCUT2D eigenvalue weighted by atomic mass is 10.1. The van der Waals surface area contributed by atoms with E-state index < -0.39 is 24.3 Å². The highest BCUT2D eigenvalue weighted by Gasteiger charge is 2.38. The van der Waals surface area contributed by atoms with Crippen molar-refractivity contribution in [3.05, 3.63) is 71.6 Å². The molecular weight excluding hydrogens is 526 g/mol. The van der Waals surface area contributed by atoms with Crippen LogP contribution in [0.3, 0.4) is 0 Å². The Morgan fingerprint density at radius 2 is 1.63 bits per heavy atom. The fourth-order valence-corrected chi connectivity index (χ4v) is 3.13. The number of carbonyl (C=O) groups is 2. The number of imidazole rings is 1. The van der Waals surface area contributed by atoms with Gasteiger partial charge >= 0.3 is 24.3 Å². The third-order valence-electron chi connectivity index (χ3n) is 4.76. The quantitative estimate of drug-likeness (QED) is 0.476. The Labute approximate surface area is 211 Å². The van der Waals surface area contributed by atoms with Gasteiger partial charge in [-0.15, -0.1) is 0 Å². The number of nitriles is 1. The summed E-state index contributed by atoms with van der Waals surface area (Å²) in [6, 6.07) is 11.9. The van der Waals surface area contributed by atoms with E-state index in [1.165, 1.54) is 5.56 Å². The number of carboxylic acid groups (broad SMARTS) is 2. The molecule has 0 saturated carbocycles. The molecule has 0 aliphatic carbocycles. The molecule has 0 unspecified atom stereocenters. The number of aromatic nitrogens is 4. The van der Waals surface area contributed by atoms with Gasteiger partial charge in [-0.3, -0.25) is 9.58 Å². The molecule has 0 fully saturated rings. The van der Waals surface area contributed by atoms with Gasteiger partial charge in [0.15, 0.2) is 0 Å². The molecule has 1 aromatic carbocycles. The van der Waals surface area contributed by atoms with Crippen LogP contribution < -0.4 is 0 Å². The van der Waals surface area contributed by atoms with Gasteiger partial charge in [-0.25, -0.2) is 14.6 Å². The summed E-state index contributed by atoms with van der Waals surface area (Å²) in [5, 5.41) is 27.5. The number of hydrogen-bond donors (Lipinski definition) is 2. The number of rotatable bonds is 4. The summed E-state index contributed by atoms with van der Waals surface area (Å²) in [6.07, 6.45) is -4.30. The largest absolute Gasteiger partial charge is 0.490 e. The van der Waals surface area contributed by atoms with E-state index in [4.69, 9.17) is 30.0 Å². The monoisotopic (exact) mass is 546 g/mol. The molecule has 16 heteroatoms. The standard InChI is InChI=1S/C18H18N6.2C2HF3O2/c19-10-15-3-1-4-16(9-15)11-22-7-8-23-12-17(21-18(23)14-22)13-24-6-2-5-20-24;2*3-2(4,5)1(6)7/h1-6,9,12H,7-8,11,13-14H2;2*(H,6,7). The van der Waals surface area contributed by atoms with Crippen LogP contribution in [0.4, 0.5) is 26.3 Å². The Hall–Kier alpha value is -4.39. The summed E-state index contributed by atoms with van der Waals surface area (Å²) in [6.45, 7) is 4.31. The molecule has 0 spiro atoms. The molecule has 3 aromatic rings. The van der Waals surface area contributed by atoms with E-state index >= 15 is 0 Å². The number of hydrogen-bond acceptors (Lipinski definition) is 6. The van der Waals surface area contributed by atoms with Gasteiger partial charge in [0, 0.05) is 38.2 Å². The number of benzene rings is 1. The van der Waals surface area contributed by atoms with Gasteiger partial charge in [-0.2, -0.15) is 36.7 Å². The molecule has 0 radical (unpaired) electrons. The van der Waals surface area contributed by atoms with E-state index in [-0.39, 0.29) is 0 Å². The summed E-state index contributed by atoms with van der Waals surface area (Å²) < 4.78 is 67.6. The van der Waals surface area contributed by atoms with Crippen molar-refractivity contribution in [1.29, 1.82) is 5.26 Å². The first-order valence-corrected chi connectivity index (χ1v) is 10.5. The number of halogens is 6. The van der Waals surface area contributed by atoms with Crippen LogP contribution in [-0.2, 0) is 35.8 Å². The SMILES string of the molecule is N#Cc1cccc(CN2CCn3cc(Cn4cccn4)nc3C2)c1.O=C(O)C(F)(F)F.O=C(O)C(F)(F)F. The first-order chi connectivity index (χ1) is 17.7. The molecule has 38 heavy (non-hydrogen) atoms. The summed E-state index contributed by atoms with van der Waals surface area (Å²) in [5.41, 5.74) is 2.93. The average Bonchev–Trinajstić information content (AvgIpc) is 3.48. The van der Waals surface area contributed by atoms with Gasteiger partial charge in [-0.05, 0) is 23.8 Å². The van der Waals surface area contributed by atoms with Gasteiger partial charge < -0.3 is 14.8 Å². The Balaban J connectivity index is 0.000000301. The van der Waals surface area contributed by atoms with Crippen LogP contribution in [0, 0.1) is 11.3 Å². The zero-order valence-electron chi connectivity index (χ0n) is 19.3. The Kier molecular flexibility index (Phi) is 9.99. The van der Waals surface area contributed by atoms with Crippen LogP contribution >= 0.6 is 0 Å². The lowest BCUT2D eigenvalue weighted by molar-refractivity contribution is -0.193. The fourth-order valence-electron chi connectivity index (χ4n) is 3.13. The molecule has 10 nitrogen and oxygen atoms in total. The van der Waals surface area contributed by atoms with Crippen LogP contribution in [0.25, 0.3) is 0 Å². The maximum atomic E-state index is 10.6. The second-order valence-electron chi connectivity index (χ2n) is 7.67. The molecule has 1 aliphatic heterocycles. The maximum absolute atomic E-state index is 10.6. The molecule has 204 valence electrons. The fraction of sp³-hybridized carbons (Fsp3) is 0.318. The predicted octanol–water partition coefficient (Wildman–Crippen LogP) is 3.28. The summed E-state index contributed by atoms with van der Waals surface area (Å²) in [7, 11) is 0. The first-order valence-electron chi connectivity index (χ1n) is 10.5. The van der Waals surface area contributed by atoms with Crippen molar-refractivity contribution in [2.75, 3.05) is 6.54 Å². The van der Waals surface area contributed by atoms with Crippen molar-refractivity contribution < 1.29 is 46.1 Å². The van der Waals surface area contributed by atoms with Crippen LogP contribution in [0.1, 0.15) is 22.6 Å². The molecule has 0 saturated heterocycles. The number of aliphatic carboxylic acids is 2. The Bertz CT molecular complexity index is 1240. The van der Waals surface area contributed by atoms with Gasteiger partial charge in [0.2, 0.25) is 0 Å². The topological polar surface area (TPSA) is 137 Å². The van der Waals surface area contributed by atoms with Crippen molar-refractivity contribution in [1.82, 2.24) is 24.2 Å². The minimum atomic E-state index is -5.08. The third kappa shape index (κ3) is 9.58. The highest BCUT2D eigenvalue weighted by Crippen LogP contribution is 2.17. The lowest BCUT2D eigenvalue weighted by Gasteiger charge is -2.27. The van der Waals surface area contributed by atoms with Crippen molar-refractivity contribution in [2.45, 2.75) is 38.5 Å². The minimum absolute atomic E-state index is 0.706. The molecular formula is C22H20F6N6O4. The van der Waals surface area contributed by atoms with Crippen LogP contribution in [0.5, 0.6) is 0 Å². The van der Waals surface area contributed by atoms with E-state index in [0.717, 1.165) is 37.7 Å². The first kappa shape index (κ1) is 29.8. The molecule has 2 aromatic heterocycles. The zero-order chi connectivity index (χ0) is 28.5. The number of nitrogens with zero attached hydrogens (tertiary/aromatic N) is 6. The summed E-state index contributed by atoms with van der Waals surface area (Å²) in [4.78, 5) is 24.9. The highest BCUT2D eigenvalue weighted by molar-refractivity contribution is 5.73. The van der Waals surface area contributed by atoms with E-state index in [9.17, 15) is 26.3 Å². The average molecular weight is 546 g/mol. The summed E-state index contributed by atoms with van der Waals surface area (Å²) >= 11 is 0. The third-order valence-corrected chi connectivity index (χ3v) is 4.76. The van der Waals surface area contributed by atoms with Crippen molar-refractivity contribution >= 4 is 11.9 Å². The molecule has 2 N–H and O–H groups in total. The van der Waals surface area contributed by atoms with E-state index in [1.54, 1.807) is 6.20 Å². The number of carboxylic acids is 2. The van der Waals surface area contributed by atoms with E-state index in [0.29, 0.717) is 12.1 Å². The highest BCUT2D eigenvalue weighted by atomic mass is 19.4. The predicted molar refractivity (Wildman–Crippen MR) is 116 cm³/mol. The van der Waals surface area contributed by atoms with E-state index in [1.807, 2.05) is 35.1 Å². The van der Waals surface area contributed by atoms with Crippen molar-refractivity contribution in [3.8, 4) is 6.07 Å². The normalized spacial score (nSPS) is 13.2.